The van der Waals surface area contributed by atoms with Crippen molar-refractivity contribution < 1.29 is 15.0 Å². The van der Waals surface area contributed by atoms with Crippen LogP contribution in [-0.2, 0) is 4.79 Å². The van der Waals surface area contributed by atoms with Crippen LogP contribution in [0.2, 0.25) is 0 Å². The maximum atomic E-state index is 10.6. The summed E-state index contributed by atoms with van der Waals surface area (Å²) in [5.41, 5.74) is -0.0876. The normalized spacial score (nSPS) is 10.2. The first kappa shape index (κ1) is 11.3. The van der Waals surface area contributed by atoms with E-state index >= 15 is 0 Å². The molecule has 0 fully saturated rings. The average molecular weight is 214 g/mol. The molecule has 2 N–H and O–H groups in total. The van der Waals surface area contributed by atoms with E-state index in [9.17, 15) is 4.79 Å². The highest BCUT2D eigenvalue weighted by Crippen LogP contribution is 2.18. The number of nitriles is 2. The third kappa shape index (κ3) is 2.37. The van der Waals surface area contributed by atoms with Crippen molar-refractivity contribution in [3.05, 3.63) is 34.9 Å². The van der Waals surface area contributed by atoms with Gasteiger partial charge in [0.2, 0.25) is 0 Å². The monoisotopic (exact) mass is 214 g/mol. The molecule has 0 aliphatic rings. The third-order valence-corrected chi connectivity index (χ3v) is 1.81. The van der Waals surface area contributed by atoms with Gasteiger partial charge in [0.05, 0.1) is 11.6 Å². The summed E-state index contributed by atoms with van der Waals surface area (Å²) in [4.78, 5) is 10.6. The van der Waals surface area contributed by atoms with Gasteiger partial charge in [-0.05, 0) is 29.8 Å². The van der Waals surface area contributed by atoms with Crippen LogP contribution in [0.5, 0.6) is 5.75 Å². The quantitative estimate of drug-likeness (QED) is 0.569. The van der Waals surface area contributed by atoms with Crippen LogP contribution in [0, 0.1) is 22.7 Å². The molecule has 1 rings (SSSR count). The molecule has 0 aromatic heterocycles. The highest BCUT2D eigenvalue weighted by Gasteiger charge is 2.08. The molecule has 1 aromatic carbocycles. The maximum absolute atomic E-state index is 10.6. The van der Waals surface area contributed by atoms with Crippen LogP contribution in [0.3, 0.4) is 0 Å². The first-order chi connectivity index (χ1) is 7.58. The molecule has 0 heterocycles. The minimum Gasteiger partial charge on any atom is -0.508 e. The van der Waals surface area contributed by atoms with E-state index in [0.717, 1.165) is 6.08 Å². The van der Waals surface area contributed by atoms with Gasteiger partial charge in [0.1, 0.15) is 17.4 Å². The van der Waals surface area contributed by atoms with Gasteiger partial charge in [0, 0.05) is 0 Å². The largest absolute Gasteiger partial charge is 0.508 e. The number of phenolic OH excluding ortho intramolecular Hbond substituents is 1. The van der Waals surface area contributed by atoms with Crippen molar-refractivity contribution in [1.29, 1.82) is 10.5 Å². The fourth-order valence-corrected chi connectivity index (χ4v) is 1.06. The number of carbonyl (C=O) groups is 1. The molecule has 0 radical (unpaired) electrons. The number of benzene rings is 1. The van der Waals surface area contributed by atoms with Crippen molar-refractivity contribution in [3.8, 4) is 17.9 Å². The van der Waals surface area contributed by atoms with E-state index in [1.165, 1.54) is 24.3 Å². The number of hydrogen-bond donors (Lipinski definition) is 2. The standard InChI is InChI=1S/C11H6N2O3/c12-5-8-4-10(14)2-1-7(8)3-9(6-13)11(15)16/h1-4,14H,(H,15,16)/b9-3+. The number of nitrogens with zero attached hydrogens (tertiary/aromatic N) is 2. The molecule has 78 valence electrons. The van der Waals surface area contributed by atoms with E-state index < -0.39 is 11.5 Å². The SMILES string of the molecule is N#C/C(=C\c1ccc(O)cc1C#N)C(=O)O. The Morgan fingerprint density at radius 2 is 2.06 bits per heavy atom. The summed E-state index contributed by atoms with van der Waals surface area (Å²) in [6.07, 6.45) is 1.08. The second-order valence-corrected chi connectivity index (χ2v) is 2.86. The third-order valence-electron chi connectivity index (χ3n) is 1.81. The molecule has 0 saturated heterocycles. The number of hydrogen-bond acceptors (Lipinski definition) is 4. The lowest BCUT2D eigenvalue weighted by Gasteiger charge is -1.98. The maximum Gasteiger partial charge on any atom is 0.346 e. The van der Waals surface area contributed by atoms with Crippen molar-refractivity contribution in [2.75, 3.05) is 0 Å². The molecule has 0 amide bonds. The van der Waals surface area contributed by atoms with E-state index in [1.807, 2.05) is 0 Å². The van der Waals surface area contributed by atoms with Crippen LogP contribution in [0.25, 0.3) is 6.08 Å². The molecule has 0 atom stereocenters. The first-order valence-corrected chi connectivity index (χ1v) is 4.16. The molecular formula is C11H6N2O3. The van der Waals surface area contributed by atoms with Gasteiger partial charge in [0.15, 0.2) is 0 Å². The lowest BCUT2D eigenvalue weighted by Crippen LogP contribution is -1.97. The summed E-state index contributed by atoms with van der Waals surface area (Å²) in [6, 6.07) is 7.18. The van der Waals surface area contributed by atoms with E-state index in [1.54, 1.807) is 6.07 Å². The van der Waals surface area contributed by atoms with E-state index in [-0.39, 0.29) is 16.9 Å². The van der Waals surface area contributed by atoms with Crippen molar-refractivity contribution >= 4 is 12.0 Å². The van der Waals surface area contributed by atoms with E-state index in [4.69, 9.17) is 20.7 Å². The average Bonchev–Trinajstić information content (AvgIpc) is 2.26. The summed E-state index contributed by atoms with van der Waals surface area (Å²) in [5.74, 6) is -1.46. The van der Waals surface area contributed by atoms with Crippen LogP contribution < -0.4 is 0 Å². The number of phenols is 1. The molecular weight excluding hydrogens is 208 g/mol. The zero-order chi connectivity index (χ0) is 12.1. The van der Waals surface area contributed by atoms with Crippen molar-refractivity contribution in [1.82, 2.24) is 0 Å². The van der Waals surface area contributed by atoms with Gasteiger partial charge in [-0.25, -0.2) is 4.79 Å². The molecule has 0 spiro atoms. The van der Waals surface area contributed by atoms with Gasteiger partial charge in [-0.1, -0.05) is 0 Å². The van der Waals surface area contributed by atoms with E-state index in [2.05, 4.69) is 0 Å². The summed E-state index contributed by atoms with van der Waals surface area (Å²) in [5, 5.41) is 35.0. The van der Waals surface area contributed by atoms with Gasteiger partial charge in [-0.3, -0.25) is 0 Å². The Morgan fingerprint density at radius 1 is 1.38 bits per heavy atom. The Morgan fingerprint density at radius 3 is 2.56 bits per heavy atom. The second kappa shape index (κ2) is 4.63. The Labute approximate surface area is 91.1 Å². The fourth-order valence-electron chi connectivity index (χ4n) is 1.06. The molecule has 5 nitrogen and oxygen atoms in total. The van der Waals surface area contributed by atoms with Crippen molar-refractivity contribution in [3.63, 3.8) is 0 Å². The van der Waals surface area contributed by atoms with Gasteiger partial charge in [-0.2, -0.15) is 10.5 Å². The van der Waals surface area contributed by atoms with Gasteiger partial charge in [0.25, 0.3) is 0 Å². The van der Waals surface area contributed by atoms with Crippen LogP contribution in [0.15, 0.2) is 23.8 Å². The first-order valence-electron chi connectivity index (χ1n) is 4.16. The molecule has 5 heteroatoms. The smallest absolute Gasteiger partial charge is 0.346 e. The number of carboxylic acids is 1. The second-order valence-electron chi connectivity index (χ2n) is 2.86. The molecule has 0 aliphatic heterocycles. The molecule has 0 saturated carbocycles. The Hall–Kier alpha value is -2.79. The van der Waals surface area contributed by atoms with Crippen molar-refractivity contribution in [2.24, 2.45) is 0 Å². The van der Waals surface area contributed by atoms with Gasteiger partial charge >= 0.3 is 5.97 Å². The van der Waals surface area contributed by atoms with Crippen LogP contribution in [0.1, 0.15) is 11.1 Å². The van der Waals surface area contributed by atoms with Crippen LogP contribution in [-0.4, -0.2) is 16.2 Å². The molecule has 1 aromatic rings. The zero-order valence-corrected chi connectivity index (χ0v) is 8.01. The number of aromatic hydroxyl groups is 1. The summed E-state index contributed by atoms with van der Waals surface area (Å²) in [6.45, 7) is 0. The number of rotatable bonds is 2. The minimum absolute atomic E-state index is 0.0949. The Bertz CT molecular complexity index is 547. The van der Waals surface area contributed by atoms with E-state index in [0.29, 0.717) is 0 Å². The minimum atomic E-state index is -1.36. The highest BCUT2D eigenvalue weighted by atomic mass is 16.4. The Balaban J connectivity index is 3.31. The number of carboxylic acid groups (broad SMARTS) is 1. The summed E-state index contributed by atoms with van der Waals surface area (Å²) in [7, 11) is 0. The lowest BCUT2D eigenvalue weighted by molar-refractivity contribution is -0.132. The molecule has 0 unspecified atom stereocenters. The Kier molecular flexibility index (Phi) is 3.26. The lowest BCUT2D eigenvalue weighted by atomic mass is 10.1. The zero-order valence-electron chi connectivity index (χ0n) is 8.01. The predicted molar refractivity (Wildman–Crippen MR) is 54.0 cm³/mol. The van der Waals surface area contributed by atoms with Gasteiger partial charge in [-0.15, -0.1) is 0 Å². The fraction of sp³-hybridized carbons (Fsp3) is 0. The van der Waals surface area contributed by atoms with Crippen LogP contribution >= 0.6 is 0 Å². The summed E-state index contributed by atoms with van der Waals surface area (Å²) >= 11 is 0. The topological polar surface area (TPSA) is 105 Å². The summed E-state index contributed by atoms with van der Waals surface area (Å²) < 4.78 is 0. The van der Waals surface area contributed by atoms with Crippen molar-refractivity contribution in [2.45, 2.75) is 0 Å². The molecule has 0 aliphatic carbocycles. The van der Waals surface area contributed by atoms with Crippen LogP contribution in [0.4, 0.5) is 0 Å². The number of aliphatic carboxylic acids is 1. The van der Waals surface area contributed by atoms with Gasteiger partial charge < -0.3 is 10.2 Å². The highest BCUT2D eigenvalue weighted by molar-refractivity contribution is 5.96. The predicted octanol–water partition coefficient (Wildman–Crippen LogP) is 1.26. The molecule has 16 heavy (non-hydrogen) atoms. The molecule has 0 bridgehead atoms.